The van der Waals surface area contributed by atoms with E-state index in [1.165, 1.54) is 11.8 Å². The smallest absolute Gasteiger partial charge is 0.274 e. The minimum Gasteiger partial charge on any atom is -0.326 e. The lowest BCUT2D eigenvalue weighted by Gasteiger charge is -2.05. The molecule has 0 saturated carbocycles. The summed E-state index contributed by atoms with van der Waals surface area (Å²) in [6, 6.07) is 7.95. The summed E-state index contributed by atoms with van der Waals surface area (Å²) in [7, 11) is 0. The number of aromatic amines is 1. The van der Waals surface area contributed by atoms with Gasteiger partial charge in [0.05, 0.1) is 0 Å². The number of H-pyrrole nitrogens is 1. The maximum Gasteiger partial charge on any atom is 0.274 e. The molecule has 3 heteroatoms. The van der Waals surface area contributed by atoms with Crippen molar-refractivity contribution in [3.05, 3.63) is 52.6 Å². The Kier molecular flexibility index (Phi) is 2.86. The van der Waals surface area contributed by atoms with Crippen molar-refractivity contribution in [3.8, 4) is 11.3 Å². The lowest BCUT2D eigenvalue weighted by molar-refractivity contribution is 0.867. The van der Waals surface area contributed by atoms with Crippen molar-refractivity contribution in [2.24, 2.45) is 0 Å². The van der Waals surface area contributed by atoms with Crippen molar-refractivity contribution in [1.82, 2.24) is 9.97 Å². The number of aromatic nitrogens is 2. The van der Waals surface area contributed by atoms with Crippen LogP contribution < -0.4 is 5.56 Å². The van der Waals surface area contributed by atoms with Gasteiger partial charge in [-0.25, -0.2) is 4.98 Å². The van der Waals surface area contributed by atoms with Crippen LogP contribution in [0, 0.1) is 0 Å². The second kappa shape index (κ2) is 4.31. The molecule has 0 aliphatic carbocycles. The summed E-state index contributed by atoms with van der Waals surface area (Å²) in [5.41, 5.74) is 2.43. The van der Waals surface area contributed by atoms with Gasteiger partial charge in [0.2, 0.25) is 0 Å². The fourth-order valence-electron chi connectivity index (χ4n) is 1.58. The van der Waals surface area contributed by atoms with E-state index in [1.807, 2.05) is 24.3 Å². The zero-order valence-corrected chi connectivity index (χ0v) is 9.40. The number of hydrogen-bond donors (Lipinski definition) is 1. The van der Waals surface area contributed by atoms with Crippen molar-refractivity contribution in [3.63, 3.8) is 0 Å². The third-order valence-electron chi connectivity index (χ3n) is 2.56. The van der Waals surface area contributed by atoms with Gasteiger partial charge in [-0.15, -0.1) is 0 Å². The Morgan fingerprint density at radius 3 is 2.44 bits per heavy atom. The SMILES string of the molecule is CC(C)c1ccc(-c2ncc[nH]c2=O)cc1. The summed E-state index contributed by atoms with van der Waals surface area (Å²) < 4.78 is 0. The minimum atomic E-state index is -0.153. The number of benzene rings is 1. The van der Waals surface area contributed by atoms with Crippen LogP contribution in [0.2, 0.25) is 0 Å². The molecule has 0 aliphatic heterocycles. The Morgan fingerprint density at radius 1 is 1.19 bits per heavy atom. The Labute approximate surface area is 94.2 Å². The molecule has 1 aromatic carbocycles. The van der Waals surface area contributed by atoms with E-state index in [-0.39, 0.29) is 5.56 Å². The average Bonchev–Trinajstić information content (AvgIpc) is 2.30. The van der Waals surface area contributed by atoms with Gasteiger partial charge in [-0.05, 0) is 11.5 Å². The Morgan fingerprint density at radius 2 is 1.88 bits per heavy atom. The highest BCUT2D eigenvalue weighted by atomic mass is 16.1. The van der Waals surface area contributed by atoms with Gasteiger partial charge < -0.3 is 4.98 Å². The molecule has 0 saturated heterocycles. The van der Waals surface area contributed by atoms with Gasteiger partial charge in [0.15, 0.2) is 0 Å². The summed E-state index contributed by atoms with van der Waals surface area (Å²) in [5, 5.41) is 0. The standard InChI is InChI=1S/C13H14N2O/c1-9(2)10-3-5-11(6-4-10)12-13(16)15-8-7-14-12/h3-9H,1-2H3,(H,15,16). The Bertz CT molecular complexity index is 526. The van der Waals surface area contributed by atoms with Crippen molar-refractivity contribution >= 4 is 0 Å². The quantitative estimate of drug-likeness (QED) is 0.835. The monoisotopic (exact) mass is 214 g/mol. The first kappa shape index (κ1) is 10.6. The first-order valence-electron chi connectivity index (χ1n) is 5.32. The maximum atomic E-state index is 11.5. The lowest BCUT2D eigenvalue weighted by Crippen LogP contribution is -2.09. The predicted octanol–water partition coefficient (Wildman–Crippen LogP) is 2.56. The topological polar surface area (TPSA) is 45.8 Å². The molecule has 0 unspecified atom stereocenters. The van der Waals surface area contributed by atoms with Crippen LogP contribution in [-0.2, 0) is 0 Å². The zero-order chi connectivity index (χ0) is 11.5. The molecule has 2 aromatic rings. The Balaban J connectivity index is 2.43. The molecule has 0 atom stereocenters. The average molecular weight is 214 g/mol. The molecule has 3 nitrogen and oxygen atoms in total. The normalized spacial score (nSPS) is 10.7. The van der Waals surface area contributed by atoms with Gasteiger partial charge in [-0.1, -0.05) is 38.1 Å². The molecule has 0 bridgehead atoms. The predicted molar refractivity (Wildman–Crippen MR) is 64.4 cm³/mol. The van der Waals surface area contributed by atoms with E-state index in [2.05, 4.69) is 23.8 Å². The number of nitrogens with one attached hydrogen (secondary N) is 1. The zero-order valence-electron chi connectivity index (χ0n) is 9.40. The van der Waals surface area contributed by atoms with Crippen LogP contribution in [0.4, 0.5) is 0 Å². The van der Waals surface area contributed by atoms with Gasteiger partial charge in [-0.3, -0.25) is 4.79 Å². The summed E-state index contributed by atoms with van der Waals surface area (Å²) in [6.07, 6.45) is 3.13. The first-order chi connectivity index (χ1) is 7.68. The Hall–Kier alpha value is -1.90. The van der Waals surface area contributed by atoms with Crippen LogP contribution in [0.1, 0.15) is 25.3 Å². The van der Waals surface area contributed by atoms with E-state index in [1.54, 1.807) is 6.20 Å². The van der Waals surface area contributed by atoms with Gasteiger partial charge in [0.25, 0.3) is 5.56 Å². The molecule has 82 valence electrons. The highest BCUT2D eigenvalue weighted by Crippen LogP contribution is 2.18. The molecule has 1 aromatic heterocycles. The van der Waals surface area contributed by atoms with Crippen LogP contribution in [0.25, 0.3) is 11.3 Å². The molecular weight excluding hydrogens is 200 g/mol. The fraction of sp³-hybridized carbons (Fsp3) is 0.231. The van der Waals surface area contributed by atoms with Gasteiger partial charge in [0.1, 0.15) is 5.69 Å². The van der Waals surface area contributed by atoms with E-state index >= 15 is 0 Å². The van der Waals surface area contributed by atoms with E-state index < -0.39 is 0 Å². The van der Waals surface area contributed by atoms with Gasteiger partial charge >= 0.3 is 0 Å². The lowest BCUT2D eigenvalue weighted by atomic mass is 10.0. The van der Waals surface area contributed by atoms with Crippen LogP contribution in [0.5, 0.6) is 0 Å². The van der Waals surface area contributed by atoms with E-state index in [0.717, 1.165) is 5.56 Å². The summed E-state index contributed by atoms with van der Waals surface area (Å²) in [5.74, 6) is 0.496. The van der Waals surface area contributed by atoms with Crippen molar-refractivity contribution in [2.45, 2.75) is 19.8 Å². The van der Waals surface area contributed by atoms with Gasteiger partial charge in [0, 0.05) is 18.0 Å². The second-order valence-electron chi connectivity index (χ2n) is 4.04. The molecule has 2 rings (SSSR count). The van der Waals surface area contributed by atoms with E-state index in [4.69, 9.17) is 0 Å². The van der Waals surface area contributed by atoms with Crippen molar-refractivity contribution < 1.29 is 0 Å². The molecule has 0 fully saturated rings. The number of hydrogen-bond acceptors (Lipinski definition) is 2. The van der Waals surface area contributed by atoms with E-state index in [9.17, 15) is 4.79 Å². The molecule has 0 spiro atoms. The largest absolute Gasteiger partial charge is 0.326 e. The first-order valence-corrected chi connectivity index (χ1v) is 5.32. The van der Waals surface area contributed by atoms with Crippen LogP contribution in [-0.4, -0.2) is 9.97 Å². The highest BCUT2D eigenvalue weighted by Gasteiger charge is 2.04. The van der Waals surface area contributed by atoms with E-state index in [0.29, 0.717) is 11.6 Å². The molecule has 0 aliphatic rings. The van der Waals surface area contributed by atoms with Crippen LogP contribution >= 0.6 is 0 Å². The maximum absolute atomic E-state index is 11.5. The molecule has 1 N–H and O–H groups in total. The molecular formula is C13H14N2O. The third kappa shape index (κ3) is 2.03. The highest BCUT2D eigenvalue weighted by molar-refractivity contribution is 5.58. The fourth-order valence-corrected chi connectivity index (χ4v) is 1.58. The second-order valence-corrected chi connectivity index (χ2v) is 4.04. The molecule has 0 radical (unpaired) electrons. The molecule has 1 heterocycles. The van der Waals surface area contributed by atoms with Crippen molar-refractivity contribution in [1.29, 1.82) is 0 Å². The summed E-state index contributed by atoms with van der Waals surface area (Å²) >= 11 is 0. The minimum absolute atomic E-state index is 0.153. The summed E-state index contributed by atoms with van der Waals surface area (Å²) in [6.45, 7) is 4.28. The van der Waals surface area contributed by atoms with Gasteiger partial charge in [-0.2, -0.15) is 0 Å². The summed E-state index contributed by atoms with van der Waals surface area (Å²) in [4.78, 5) is 18.2. The van der Waals surface area contributed by atoms with Crippen LogP contribution in [0.3, 0.4) is 0 Å². The number of rotatable bonds is 2. The number of nitrogens with zero attached hydrogens (tertiary/aromatic N) is 1. The van der Waals surface area contributed by atoms with Crippen LogP contribution in [0.15, 0.2) is 41.5 Å². The molecule has 16 heavy (non-hydrogen) atoms. The molecule has 0 amide bonds. The van der Waals surface area contributed by atoms with Crippen molar-refractivity contribution in [2.75, 3.05) is 0 Å². The third-order valence-corrected chi connectivity index (χ3v) is 2.56.